The number of hydrogen-bond acceptors (Lipinski definition) is 4. The normalized spacial score (nSPS) is 20.2. The van der Waals surface area contributed by atoms with Gasteiger partial charge in [0, 0.05) is 5.39 Å². The molecule has 2 heterocycles. The topological polar surface area (TPSA) is 48.7 Å². The molecule has 3 rings (SSSR count). The van der Waals surface area contributed by atoms with Gasteiger partial charge in [-0.3, -0.25) is 4.79 Å². The van der Waals surface area contributed by atoms with Crippen molar-refractivity contribution >= 4 is 16.8 Å². The number of furan rings is 1. The number of benzene rings is 1. The van der Waals surface area contributed by atoms with Crippen LogP contribution in [0.5, 0.6) is 0 Å². The summed E-state index contributed by atoms with van der Waals surface area (Å²) in [7, 11) is 0. The van der Waals surface area contributed by atoms with Crippen LogP contribution in [-0.4, -0.2) is 31.7 Å². The van der Waals surface area contributed by atoms with Crippen molar-refractivity contribution in [3.8, 4) is 0 Å². The number of carbonyl (C=O) groups is 1. The summed E-state index contributed by atoms with van der Waals surface area (Å²) in [5.41, 5.74) is 1.78. The largest absolute Gasteiger partial charge is 0.453 e. The highest BCUT2D eigenvalue weighted by Crippen LogP contribution is 2.24. The molecule has 4 nitrogen and oxygen atoms in total. The minimum absolute atomic E-state index is 0.148. The Bertz CT molecular complexity index is 578. The highest BCUT2D eigenvalue weighted by molar-refractivity contribution is 6.00. The summed E-state index contributed by atoms with van der Waals surface area (Å²) in [5.74, 6) is 0.195. The second kappa shape index (κ2) is 4.55. The van der Waals surface area contributed by atoms with Gasteiger partial charge in [-0.25, -0.2) is 0 Å². The molecule has 4 heteroatoms. The van der Waals surface area contributed by atoms with Crippen LogP contribution < -0.4 is 0 Å². The predicted octanol–water partition coefficient (Wildman–Crippen LogP) is 2.34. The average Bonchev–Trinajstić information content (AvgIpc) is 2.84. The van der Waals surface area contributed by atoms with E-state index in [1.807, 2.05) is 25.1 Å². The lowest BCUT2D eigenvalue weighted by atomic mass is 10.1. The van der Waals surface area contributed by atoms with Crippen LogP contribution in [0.1, 0.15) is 16.1 Å². The fourth-order valence-corrected chi connectivity index (χ4v) is 2.13. The lowest BCUT2D eigenvalue weighted by molar-refractivity contribution is -0.0725. The van der Waals surface area contributed by atoms with Gasteiger partial charge in [-0.15, -0.1) is 0 Å². The molecule has 0 bridgehead atoms. The molecule has 1 fully saturated rings. The first-order chi connectivity index (χ1) is 8.75. The monoisotopic (exact) mass is 246 g/mol. The maximum Gasteiger partial charge on any atom is 0.229 e. The van der Waals surface area contributed by atoms with Crippen LogP contribution in [0.2, 0.25) is 0 Å². The number of carbonyl (C=O) groups excluding carboxylic acids is 1. The molecule has 1 aliphatic rings. The molecule has 0 saturated carbocycles. The van der Waals surface area contributed by atoms with Gasteiger partial charge in [-0.05, 0) is 18.6 Å². The number of para-hydroxylation sites is 1. The molecule has 1 aromatic heterocycles. The molecule has 0 amide bonds. The van der Waals surface area contributed by atoms with E-state index in [1.54, 1.807) is 6.07 Å². The van der Waals surface area contributed by atoms with E-state index >= 15 is 0 Å². The Labute approximate surface area is 104 Å². The standard InChI is InChI=1S/C14H14O4/c1-9-3-2-4-10-7-11(18-14(9)10)13(15)12-8-16-5-6-17-12/h2-4,7,12H,5-6,8H2,1H3. The molecule has 1 aliphatic heterocycles. The summed E-state index contributed by atoms with van der Waals surface area (Å²) in [6, 6.07) is 7.60. The van der Waals surface area contributed by atoms with Crippen LogP contribution in [-0.2, 0) is 9.47 Å². The van der Waals surface area contributed by atoms with Crippen LogP contribution in [0.15, 0.2) is 28.7 Å². The van der Waals surface area contributed by atoms with Gasteiger partial charge in [0.15, 0.2) is 5.76 Å². The molecule has 0 aliphatic carbocycles. The van der Waals surface area contributed by atoms with E-state index in [1.165, 1.54) is 0 Å². The van der Waals surface area contributed by atoms with Crippen molar-refractivity contribution in [1.29, 1.82) is 0 Å². The number of fused-ring (bicyclic) bond motifs is 1. The Morgan fingerprint density at radius 2 is 2.22 bits per heavy atom. The van der Waals surface area contributed by atoms with Crippen LogP contribution in [0.4, 0.5) is 0 Å². The molecule has 18 heavy (non-hydrogen) atoms. The fraction of sp³-hybridized carbons (Fsp3) is 0.357. The molecule has 1 atom stereocenters. The zero-order chi connectivity index (χ0) is 12.5. The first kappa shape index (κ1) is 11.4. The van der Waals surface area contributed by atoms with E-state index in [9.17, 15) is 4.79 Å². The fourth-order valence-electron chi connectivity index (χ4n) is 2.13. The minimum atomic E-state index is -0.542. The lowest BCUT2D eigenvalue weighted by Crippen LogP contribution is -2.35. The van der Waals surface area contributed by atoms with Gasteiger partial charge in [0.05, 0.1) is 19.8 Å². The van der Waals surface area contributed by atoms with Gasteiger partial charge in [0.25, 0.3) is 0 Å². The summed E-state index contributed by atoms with van der Waals surface area (Å²) in [4.78, 5) is 12.2. The highest BCUT2D eigenvalue weighted by Gasteiger charge is 2.26. The number of aryl methyl sites for hydroxylation is 1. The summed E-state index contributed by atoms with van der Waals surface area (Å²) < 4.78 is 16.2. The van der Waals surface area contributed by atoms with E-state index in [2.05, 4.69) is 0 Å². The molecule has 0 radical (unpaired) electrons. The SMILES string of the molecule is Cc1cccc2cc(C(=O)C3COCCO3)oc12. The van der Waals surface area contributed by atoms with Crippen LogP contribution in [0.25, 0.3) is 11.0 Å². The van der Waals surface area contributed by atoms with Gasteiger partial charge < -0.3 is 13.9 Å². The first-order valence-corrected chi connectivity index (χ1v) is 5.98. The van der Waals surface area contributed by atoms with Gasteiger partial charge in [-0.2, -0.15) is 0 Å². The van der Waals surface area contributed by atoms with Crippen LogP contribution in [0.3, 0.4) is 0 Å². The maximum atomic E-state index is 12.2. The van der Waals surface area contributed by atoms with E-state index in [-0.39, 0.29) is 5.78 Å². The number of hydrogen-bond donors (Lipinski definition) is 0. The molecule has 0 N–H and O–H groups in total. The number of ketones is 1. The highest BCUT2D eigenvalue weighted by atomic mass is 16.6. The number of rotatable bonds is 2. The molecular formula is C14H14O4. The first-order valence-electron chi connectivity index (χ1n) is 5.98. The molecule has 94 valence electrons. The van der Waals surface area contributed by atoms with Gasteiger partial charge in [0.2, 0.25) is 5.78 Å². The molecule has 1 aromatic carbocycles. The molecule has 2 aromatic rings. The van der Waals surface area contributed by atoms with E-state index in [0.29, 0.717) is 25.6 Å². The van der Waals surface area contributed by atoms with Crippen molar-refractivity contribution in [2.75, 3.05) is 19.8 Å². The second-order valence-electron chi connectivity index (χ2n) is 4.40. The van der Waals surface area contributed by atoms with Crippen molar-refractivity contribution in [1.82, 2.24) is 0 Å². The summed E-state index contributed by atoms with van der Waals surface area (Å²) in [5, 5.41) is 0.940. The predicted molar refractivity (Wildman–Crippen MR) is 65.8 cm³/mol. The smallest absolute Gasteiger partial charge is 0.229 e. The van der Waals surface area contributed by atoms with Crippen molar-refractivity contribution < 1.29 is 18.7 Å². The van der Waals surface area contributed by atoms with Crippen molar-refractivity contribution in [3.63, 3.8) is 0 Å². The Morgan fingerprint density at radius 1 is 1.33 bits per heavy atom. The van der Waals surface area contributed by atoms with Gasteiger partial charge >= 0.3 is 0 Å². The van der Waals surface area contributed by atoms with Crippen molar-refractivity contribution in [2.24, 2.45) is 0 Å². The Morgan fingerprint density at radius 3 is 2.94 bits per heavy atom. The maximum absolute atomic E-state index is 12.2. The van der Waals surface area contributed by atoms with Crippen molar-refractivity contribution in [2.45, 2.75) is 13.0 Å². The Kier molecular flexibility index (Phi) is 2.89. The average molecular weight is 246 g/mol. The van der Waals surface area contributed by atoms with Crippen molar-refractivity contribution in [3.05, 3.63) is 35.6 Å². The molecular weight excluding hydrogens is 232 g/mol. The van der Waals surface area contributed by atoms with E-state index in [4.69, 9.17) is 13.9 Å². The summed E-state index contributed by atoms with van der Waals surface area (Å²) in [6.45, 7) is 3.26. The van der Waals surface area contributed by atoms with Gasteiger partial charge in [-0.1, -0.05) is 18.2 Å². The third-order valence-electron chi connectivity index (χ3n) is 3.09. The third-order valence-corrected chi connectivity index (χ3v) is 3.09. The zero-order valence-corrected chi connectivity index (χ0v) is 10.1. The lowest BCUT2D eigenvalue weighted by Gasteiger charge is -2.20. The quantitative estimate of drug-likeness (QED) is 0.763. The second-order valence-corrected chi connectivity index (χ2v) is 4.40. The summed E-state index contributed by atoms with van der Waals surface area (Å²) in [6.07, 6.45) is -0.542. The number of ether oxygens (including phenoxy) is 2. The van der Waals surface area contributed by atoms with Crippen LogP contribution in [0, 0.1) is 6.92 Å². The molecule has 0 spiro atoms. The van der Waals surface area contributed by atoms with Crippen LogP contribution >= 0.6 is 0 Å². The number of Topliss-reactive ketones (excluding diaryl/α,β-unsaturated/α-hetero) is 1. The molecule has 1 unspecified atom stereocenters. The van der Waals surface area contributed by atoms with Gasteiger partial charge in [0.1, 0.15) is 11.7 Å². The summed E-state index contributed by atoms with van der Waals surface area (Å²) >= 11 is 0. The van der Waals surface area contributed by atoms with E-state index in [0.717, 1.165) is 16.5 Å². The zero-order valence-electron chi connectivity index (χ0n) is 10.1. The Hall–Kier alpha value is -1.65. The third kappa shape index (κ3) is 1.94. The Balaban J connectivity index is 1.94. The molecule has 1 saturated heterocycles. The van der Waals surface area contributed by atoms with E-state index < -0.39 is 6.10 Å². The minimum Gasteiger partial charge on any atom is -0.453 e.